The Kier molecular flexibility index (Phi) is 3.16. The van der Waals surface area contributed by atoms with Crippen LogP contribution in [0.1, 0.15) is 15.2 Å². The molecule has 0 bridgehead atoms. The maximum atomic E-state index is 12.5. The molecular formula is C14H10BrNO2S. The quantitative estimate of drug-likeness (QED) is 0.727. The number of aromatic nitrogens is 1. The molecule has 96 valence electrons. The normalized spacial score (nSPS) is 10.8. The fraction of sp³-hybridized carbons (Fsp3) is 0.0714. The van der Waals surface area contributed by atoms with Crippen molar-refractivity contribution in [1.82, 2.24) is 4.98 Å². The highest BCUT2D eigenvalue weighted by Crippen LogP contribution is 2.30. The van der Waals surface area contributed by atoms with Crippen molar-refractivity contribution in [3.63, 3.8) is 0 Å². The molecule has 5 heteroatoms. The fourth-order valence-corrected chi connectivity index (χ4v) is 3.39. The first-order chi connectivity index (χ1) is 9.20. The summed E-state index contributed by atoms with van der Waals surface area (Å²) in [6.07, 6.45) is 1.75. The number of thiophene rings is 1. The Balaban J connectivity index is 2.11. The first kappa shape index (κ1) is 12.4. The predicted octanol–water partition coefficient (Wildman–Crippen LogP) is 4.23. The number of ketones is 1. The number of carbonyl (C=O) groups excluding carboxylic acids is 1. The summed E-state index contributed by atoms with van der Waals surface area (Å²) in [7, 11) is 1.60. The van der Waals surface area contributed by atoms with E-state index in [0.29, 0.717) is 16.2 Å². The van der Waals surface area contributed by atoms with E-state index in [2.05, 4.69) is 20.9 Å². The lowest BCUT2D eigenvalue weighted by Gasteiger charge is -1.98. The van der Waals surface area contributed by atoms with Crippen LogP contribution in [0, 0.1) is 0 Å². The summed E-state index contributed by atoms with van der Waals surface area (Å²) < 4.78 is 6.03. The van der Waals surface area contributed by atoms with Gasteiger partial charge < -0.3 is 9.72 Å². The van der Waals surface area contributed by atoms with E-state index >= 15 is 0 Å². The summed E-state index contributed by atoms with van der Waals surface area (Å²) >= 11 is 4.88. The van der Waals surface area contributed by atoms with Crippen molar-refractivity contribution in [2.75, 3.05) is 7.11 Å². The summed E-state index contributed by atoms with van der Waals surface area (Å²) in [6.45, 7) is 0. The number of benzene rings is 1. The molecule has 1 aromatic carbocycles. The van der Waals surface area contributed by atoms with Gasteiger partial charge in [0.25, 0.3) is 0 Å². The van der Waals surface area contributed by atoms with Crippen molar-refractivity contribution >= 4 is 44.0 Å². The molecule has 0 aliphatic rings. The Morgan fingerprint density at radius 1 is 1.42 bits per heavy atom. The molecule has 3 aromatic rings. The predicted molar refractivity (Wildman–Crippen MR) is 80.3 cm³/mol. The summed E-state index contributed by atoms with van der Waals surface area (Å²) in [5.74, 6) is 0.721. The van der Waals surface area contributed by atoms with Gasteiger partial charge in [0.2, 0.25) is 5.78 Å². The van der Waals surface area contributed by atoms with Gasteiger partial charge in [0.05, 0.1) is 12.0 Å². The van der Waals surface area contributed by atoms with E-state index in [-0.39, 0.29) is 5.78 Å². The molecule has 2 heterocycles. The zero-order chi connectivity index (χ0) is 13.4. The molecule has 0 atom stereocenters. The fourth-order valence-electron chi connectivity index (χ4n) is 2.00. The van der Waals surface area contributed by atoms with Crippen LogP contribution in [-0.2, 0) is 0 Å². The molecule has 0 saturated heterocycles. The van der Waals surface area contributed by atoms with E-state index in [9.17, 15) is 4.79 Å². The lowest BCUT2D eigenvalue weighted by molar-refractivity contribution is 0.104. The van der Waals surface area contributed by atoms with Crippen molar-refractivity contribution in [2.45, 2.75) is 0 Å². The van der Waals surface area contributed by atoms with Gasteiger partial charge in [-0.2, -0.15) is 0 Å². The van der Waals surface area contributed by atoms with Crippen LogP contribution in [0.4, 0.5) is 0 Å². The molecule has 3 nitrogen and oxygen atoms in total. The largest absolute Gasteiger partial charge is 0.496 e. The first-order valence-electron chi connectivity index (χ1n) is 5.63. The third-order valence-corrected chi connectivity index (χ3v) is 4.50. The topological polar surface area (TPSA) is 42.1 Å². The Bertz CT molecular complexity index is 760. The second-order valence-corrected chi connectivity index (χ2v) is 5.81. The maximum Gasteiger partial charge on any atom is 0.205 e. The van der Waals surface area contributed by atoms with Crippen molar-refractivity contribution in [3.8, 4) is 5.75 Å². The molecule has 3 rings (SSSR count). The molecule has 0 fully saturated rings. The number of aromatic amines is 1. The van der Waals surface area contributed by atoms with Crippen molar-refractivity contribution in [2.24, 2.45) is 0 Å². The second kappa shape index (κ2) is 4.83. The van der Waals surface area contributed by atoms with Crippen LogP contribution in [0.15, 0.2) is 40.3 Å². The van der Waals surface area contributed by atoms with E-state index < -0.39 is 0 Å². The molecule has 1 N–H and O–H groups in total. The second-order valence-electron chi connectivity index (χ2n) is 4.04. The van der Waals surface area contributed by atoms with Crippen LogP contribution in [-0.4, -0.2) is 17.9 Å². The van der Waals surface area contributed by atoms with Gasteiger partial charge in [-0.05, 0) is 12.1 Å². The van der Waals surface area contributed by atoms with Crippen molar-refractivity contribution < 1.29 is 9.53 Å². The summed E-state index contributed by atoms with van der Waals surface area (Å²) in [5.41, 5.74) is 1.62. The van der Waals surface area contributed by atoms with E-state index in [0.717, 1.165) is 15.4 Å². The molecular weight excluding hydrogens is 326 g/mol. The lowest BCUT2D eigenvalue weighted by atomic mass is 10.1. The van der Waals surface area contributed by atoms with E-state index in [4.69, 9.17) is 4.74 Å². The van der Waals surface area contributed by atoms with Gasteiger partial charge in [-0.1, -0.05) is 22.0 Å². The number of methoxy groups -OCH3 is 1. The molecule has 0 radical (unpaired) electrons. The first-order valence-corrected chi connectivity index (χ1v) is 7.31. The number of halogens is 1. The minimum atomic E-state index is 0.00597. The molecule has 2 aromatic heterocycles. The Hall–Kier alpha value is -1.59. The van der Waals surface area contributed by atoms with Gasteiger partial charge in [-0.3, -0.25) is 4.79 Å². The molecule has 0 saturated carbocycles. The molecule has 0 amide bonds. The van der Waals surface area contributed by atoms with Crippen LogP contribution >= 0.6 is 27.3 Å². The number of hydrogen-bond acceptors (Lipinski definition) is 3. The molecule has 0 aliphatic carbocycles. The number of hydrogen-bond donors (Lipinski definition) is 1. The van der Waals surface area contributed by atoms with Crippen molar-refractivity contribution in [1.29, 1.82) is 0 Å². The van der Waals surface area contributed by atoms with Crippen molar-refractivity contribution in [3.05, 3.63) is 50.8 Å². The monoisotopic (exact) mass is 335 g/mol. The van der Waals surface area contributed by atoms with Crippen LogP contribution in [0.3, 0.4) is 0 Å². The number of fused-ring (bicyclic) bond motifs is 1. The summed E-state index contributed by atoms with van der Waals surface area (Å²) in [6, 6.07) is 7.59. The summed E-state index contributed by atoms with van der Waals surface area (Å²) in [4.78, 5) is 16.3. The number of nitrogens with one attached hydrogen (secondary N) is 1. The number of H-pyrrole nitrogens is 1. The zero-order valence-corrected chi connectivity index (χ0v) is 12.5. The molecule has 0 aliphatic heterocycles. The average Bonchev–Trinajstić information content (AvgIpc) is 3.05. The smallest absolute Gasteiger partial charge is 0.205 e. The van der Waals surface area contributed by atoms with Crippen LogP contribution in [0.5, 0.6) is 5.75 Å². The van der Waals surface area contributed by atoms with Crippen LogP contribution in [0.2, 0.25) is 0 Å². The van der Waals surface area contributed by atoms with Gasteiger partial charge in [0.15, 0.2) is 0 Å². The molecule has 0 unspecified atom stereocenters. The Morgan fingerprint density at radius 2 is 2.26 bits per heavy atom. The SMILES string of the molecule is COc1csc(C(=O)c2c[nH]c3cccc(Br)c23)c1. The lowest BCUT2D eigenvalue weighted by Crippen LogP contribution is -1.97. The van der Waals surface area contributed by atoms with Gasteiger partial charge in [0, 0.05) is 38.6 Å². The highest BCUT2D eigenvalue weighted by atomic mass is 79.9. The Labute approximate surface area is 122 Å². The number of carbonyl (C=O) groups is 1. The Morgan fingerprint density at radius 3 is 3.00 bits per heavy atom. The minimum Gasteiger partial charge on any atom is -0.496 e. The minimum absolute atomic E-state index is 0.00597. The number of ether oxygens (including phenoxy) is 1. The van der Waals surface area contributed by atoms with Gasteiger partial charge in [0.1, 0.15) is 5.75 Å². The third kappa shape index (κ3) is 2.09. The van der Waals surface area contributed by atoms with Gasteiger partial charge >= 0.3 is 0 Å². The highest BCUT2D eigenvalue weighted by molar-refractivity contribution is 9.10. The highest BCUT2D eigenvalue weighted by Gasteiger charge is 2.17. The molecule has 0 spiro atoms. The van der Waals surface area contributed by atoms with E-state index in [1.165, 1.54) is 11.3 Å². The average molecular weight is 336 g/mol. The van der Waals surface area contributed by atoms with Gasteiger partial charge in [-0.15, -0.1) is 11.3 Å². The van der Waals surface area contributed by atoms with E-state index in [1.54, 1.807) is 19.4 Å². The maximum absolute atomic E-state index is 12.5. The van der Waals surface area contributed by atoms with Gasteiger partial charge in [-0.25, -0.2) is 0 Å². The summed E-state index contributed by atoms with van der Waals surface area (Å²) in [5, 5.41) is 2.75. The third-order valence-electron chi connectivity index (χ3n) is 2.93. The van der Waals surface area contributed by atoms with E-state index in [1.807, 2.05) is 23.6 Å². The molecule has 19 heavy (non-hydrogen) atoms. The number of rotatable bonds is 3. The van der Waals surface area contributed by atoms with Crippen LogP contribution < -0.4 is 4.74 Å². The standard InChI is InChI=1S/C14H10BrNO2S/c1-18-8-5-12(19-7-8)14(17)9-6-16-11-4-2-3-10(15)13(9)11/h2-7,16H,1H3. The zero-order valence-electron chi connectivity index (χ0n) is 10.1. The van der Waals surface area contributed by atoms with Crippen LogP contribution in [0.25, 0.3) is 10.9 Å².